The molecule has 4 nitrogen and oxygen atoms in total. The van der Waals surface area contributed by atoms with Gasteiger partial charge in [0.25, 0.3) is 0 Å². The Morgan fingerprint density at radius 2 is 2.15 bits per heavy atom. The molecule has 0 spiro atoms. The van der Waals surface area contributed by atoms with Crippen LogP contribution in [0.5, 0.6) is 5.75 Å². The predicted octanol–water partition coefficient (Wildman–Crippen LogP) is 5.24. The molecule has 1 aliphatic rings. The van der Waals surface area contributed by atoms with Crippen molar-refractivity contribution in [1.29, 1.82) is 0 Å². The Kier molecular flexibility index (Phi) is 6.20. The number of ether oxygens (including phenoxy) is 1. The maximum absolute atomic E-state index is 12.7. The van der Waals surface area contributed by atoms with Crippen LogP contribution in [0, 0.1) is 32.6 Å². The number of rotatable bonds is 6. The summed E-state index contributed by atoms with van der Waals surface area (Å²) in [5, 5.41) is 3.69. The molecule has 1 N–H and O–H groups in total. The van der Waals surface area contributed by atoms with Crippen LogP contribution >= 0.6 is 11.3 Å². The molecular weight excluding hydrogens is 356 g/mol. The van der Waals surface area contributed by atoms with Crippen LogP contribution in [0.4, 0.5) is 5.13 Å². The summed E-state index contributed by atoms with van der Waals surface area (Å²) in [7, 11) is 0. The number of benzene rings is 1. The molecule has 1 aromatic carbocycles. The number of amides is 1. The maximum Gasteiger partial charge on any atom is 0.229 e. The summed E-state index contributed by atoms with van der Waals surface area (Å²) >= 11 is 1.52. The van der Waals surface area contributed by atoms with Crippen molar-refractivity contribution in [2.75, 3.05) is 11.9 Å². The smallest absolute Gasteiger partial charge is 0.229 e. The minimum atomic E-state index is -0.0396. The number of nitrogens with zero attached hydrogens (tertiary/aromatic N) is 1. The predicted molar refractivity (Wildman–Crippen MR) is 112 cm³/mol. The molecule has 0 unspecified atom stereocenters. The van der Waals surface area contributed by atoms with E-state index in [4.69, 9.17) is 4.74 Å². The van der Waals surface area contributed by atoms with E-state index in [-0.39, 0.29) is 11.8 Å². The van der Waals surface area contributed by atoms with Gasteiger partial charge in [0.05, 0.1) is 6.61 Å². The van der Waals surface area contributed by atoms with Gasteiger partial charge in [0.2, 0.25) is 5.91 Å². The van der Waals surface area contributed by atoms with Gasteiger partial charge in [-0.3, -0.25) is 4.79 Å². The summed E-state index contributed by atoms with van der Waals surface area (Å²) in [4.78, 5) is 18.1. The highest BCUT2D eigenvalue weighted by Gasteiger charge is 2.30. The lowest BCUT2D eigenvalue weighted by Gasteiger charge is -2.31. The van der Waals surface area contributed by atoms with Gasteiger partial charge in [0.15, 0.2) is 5.13 Å². The highest BCUT2D eigenvalue weighted by molar-refractivity contribution is 7.15. The molecule has 0 radical (unpaired) electrons. The maximum atomic E-state index is 12.7. The summed E-state index contributed by atoms with van der Waals surface area (Å²) in [6.07, 6.45) is 5.83. The number of hydrogen-bond donors (Lipinski definition) is 1. The molecule has 0 saturated heterocycles. The number of aryl methyl sites for hydroxylation is 2. The third kappa shape index (κ3) is 4.34. The van der Waals surface area contributed by atoms with Crippen LogP contribution in [-0.4, -0.2) is 17.5 Å². The van der Waals surface area contributed by atoms with E-state index in [0.717, 1.165) is 42.9 Å². The zero-order valence-electron chi connectivity index (χ0n) is 17.0. The third-order valence-electron chi connectivity index (χ3n) is 5.68. The largest absolute Gasteiger partial charge is 0.493 e. The molecule has 2 atom stereocenters. The number of aromatic nitrogens is 1. The Balaban J connectivity index is 1.76. The average molecular weight is 387 g/mol. The van der Waals surface area contributed by atoms with Crippen LogP contribution in [0.2, 0.25) is 0 Å². The molecule has 1 amide bonds. The summed E-state index contributed by atoms with van der Waals surface area (Å²) in [5.41, 5.74) is 5.41. The molecule has 1 aromatic heterocycles. The fraction of sp³-hybridized carbons (Fsp3) is 0.545. The number of carbonyl (C=O) groups is 1. The molecule has 0 fully saturated rings. The van der Waals surface area contributed by atoms with E-state index in [2.05, 4.69) is 37.1 Å². The highest BCUT2D eigenvalue weighted by Crippen LogP contribution is 2.38. The van der Waals surface area contributed by atoms with Gasteiger partial charge in [-0.15, -0.1) is 11.3 Å². The number of fused-ring (bicyclic) bond motifs is 1. The molecule has 0 bridgehead atoms. The SMILES string of the molecule is CCCOc1cc(C)c2c(c1C)C[C@H]([C@H](C)C(=O)Nc1ncc(C)s1)CC2. The van der Waals surface area contributed by atoms with E-state index in [1.807, 2.05) is 13.8 Å². The molecule has 27 heavy (non-hydrogen) atoms. The van der Waals surface area contributed by atoms with Crippen molar-refractivity contribution in [3.63, 3.8) is 0 Å². The monoisotopic (exact) mass is 386 g/mol. The van der Waals surface area contributed by atoms with Gasteiger partial charge >= 0.3 is 0 Å². The fourth-order valence-corrected chi connectivity index (χ4v) is 4.63. The van der Waals surface area contributed by atoms with Gasteiger partial charge < -0.3 is 10.1 Å². The lowest BCUT2D eigenvalue weighted by molar-refractivity contribution is -0.121. The Morgan fingerprint density at radius 3 is 2.81 bits per heavy atom. The quantitative estimate of drug-likeness (QED) is 0.739. The van der Waals surface area contributed by atoms with Crippen molar-refractivity contribution in [3.05, 3.63) is 39.4 Å². The van der Waals surface area contributed by atoms with Crippen molar-refractivity contribution < 1.29 is 9.53 Å². The summed E-state index contributed by atoms with van der Waals surface area (Å²) < 4.78 is 5.97. The van der Waals surface area contributed by atoms with Crippen LogP contribution < -0.4 is 10.1 Å². The first-order chi connectivity index (χ1) is 12.9. The van der Waals surface area contributed by atoms with E-state index in [0.29, 0.717) is 11.0 Å². The van der Waals surface area contributed by atoms with E-state index in [9.17, 15) is 4.79 Å². The van der Waals surface area contributed by atoms with Crippen molar-refractivity contribution >= 4 is 22.4 Å². The number of hydrogen-bond acceptors (Lipinski definition) is 4. The molecule has 3 rings (SSSR count). The summed E-state index contributed by atoms with van der Waals surface area (Å²) in [6, 6.07) is 2.19. The zero-order valence-corrected chi connectivity index (χ0v) is 17.8. The number of carbonyl (C=O) groups excluding carboxylic acids is 1. The molecular formula is C22H30N2O2S. The van der Waals surface area contributed by atoms with Crippen LogP contribution in [0.3, 0.4) is 0 Å². The standard InChI is InChI=1S/C22H30N2O2S/c1-6-9-26-20-10-13(2)18-8-7-17(11-19(18)16(20)5)15(4)21(25)24-22-23-12-14(3)27-22/h10,12,15,17H,6-9,11H2,1-5H3,(H,23,24,25)/t15-,17+/m0/s1. The molecule has 2 aromatic rings. The van der Waals surface area contributed by atoms with Crippen molar-refractivity contribution in [3.8, 4) is 5.75 Å². The Hall–Kier alpha value is -1.88. The minimum absolute atomic E-state index is 0.0396. The van der Waals surface area contributed by atoms with Crippen molar-refractivity contribution in [2.45, 2.75) is 60.3 Å². The van der Waals surface area contributed by atoms with Gasteiger partial charge in [0, 0.05) is 17.0 Å². The fourth-order valence-electron chi connectivity index (χ4n) is 3.96. The average Bonchev–Trinajstić information content (AvgIpc) is 3.07. The van der Waals surface area contributed by atoms with Gasteiger partial charge in [-0.2, -0.15) is 0 Å². The minimum Gasteiger partial charge on any atom is -0.493 e. The second-order valence-electron chi connectivity index (χ2n) is 7.68. The Morgan fingerprint density at radius 1 is 1.37 bits per heavy atom. The molecule has 1 heterocycles. The van der Waals surface area contributed by atoms with Gasteiger partial charge in [0.1, 0.15) is 5.75 Å². The van der Waals surface area contributed by atoms with Crippen LogP contribution in [0.1, 0.15) is 53.8 Å². The van der Waals surface area contributed by atoms with Crippen LogP contribution in [-0.2, 0) is 17.6 Å². The zero-order chi connectivity index (χ0) is 19.6. The summed E-state index contributed by atoms with van der Waals surface area (Å²) in [5.74, 6) is 1.38. The van der Waals surface area contributed by atoms with Crippen molar-refractivity contribution in [1.82, 2.24) is 4.98 Å². The molecule has 0 aliphatic heterocycles. The van der Waals surface area contributed by atoms with Crippen LogP contribution in [0.25, 0.3) is 0 Å². The van der Waals surface area contributed by atoms with Gasteiger partial charge in [-0.1, -0.05) is 13.8 Å². The third-order valence-corrected chi connectivity index (χ3v) is 6.50. The topological polar surface area (TPSA) is 51.2 Å². The lowest BCUT2D eigenvalue weighted by Crippen LogP contribution is -2.31. The van der Waals surface area contributed by atoms with Gasteiger partial charge in [-0.25, -0.2) is 4.98 Å². The molecule has 5 heteroatoms. The number of anilines is 1. The van der Waals surface area contributed by atoms with E-state index >= 15 is 0 Å². The van der Waals surface area contributed by atoms with Crippen molar-refractivity contribution in [2.24, 2.45) is 11.8 Å². The number of thiazole rings is 1. The first kappa shape index (κ1) is 19.9. The van der Waals surface area contributed by atoms with Gasteiger partial charge in [-0.05, 0) is 80.7 Å². The van der Waals surface area contributed by atoms with Crippen LogP contribution in [0.15, 0.2) is 12.3 Å². The molecule has 0 saturated carbocycles. The highest BCUT2D eigenvalue weighted by atomic mass is 32.1. The molecule has 1 aliphatic carbocycles. The molecule has 146 valence electrons. The van der Waals surface area contributed by atoms with E-state index < -0.39 is 0 Å². The van der Waals surface area contributed by atoms with E-state index in [1.165, 1.54) is 33.6 Å². The first-order valence-electron chi connectivity index (χ1n) is 9.88. The lowest BCUT2D eigenvalue weighted by atomic mass is 9.75. The second kappa shape index (κ2) is 8.42. The Labute approximate surface area is 166 Å². The number of nitrogens with one attached hydrogen (secondary N) is 1. The van der Waals surface area contributed by atoms with E-state index in [1.54, 1.807) is 6.20 Å². The normalized spacial score (nSPS) is 17.3. The summed E-state index contributed by atoms with van der Waals surface area (Å²) in [6.45, 7) is 11.3. The second-order valence-corrected chi connectivity index (χ2v) is 8.91. The Bertz CT molecular complexity index is 828. The first-order valence-corrected chi connectivity index (χ1v) is 10.7.